The fourth-order valence-electron chi connectivity index (χ4n) is 4.22. The van der Waals surface area contributed by atoms with Crippen LogP contribution in [0.25, 0.3) is 0 Å². The molecular formula is C25H36N6O5. The van der Waals surface area contributed by atoms with Crippen LogP contribution in [0.4, 0.5) is 5.82 Å². The molecule has 0 radical (unpaired) electrons. The van der Waals surface area contributed by atoms with Gasteiger partial charge in [0.15, 0.2) is 18.2 Å². The number of nitrogens with one attached hydrogen (secondary N) is 2. The number of aromatic nitrogens is 1. The van der Waals surface area contributed by atoms with E-state index in [1.807, 2.05) is 25.4 Å². The van der Waals surface area contributed by atoms with Crippen LogP contribution in [0.3, 0.4) is 0 Å². The number of ether oxygens (including phenoxy) is 4. The summed E-state index contributed by atoms with van der Waals surface area (Å²) in [5.74, 6) is 2.68. The number of carbonyl (C=O) groups excluding carboxylic acids is 1. The van der Waals surface area contributed by atoms with E-state index in [4.69, 9.17) is 23.9 Å². The summed E-state index contributed by atoms with van der Waals surface area (Å²) in [7, 11) is 5.52. The molecule has 3 aliphatic rings. The number of nitrogens with zero attached hydrogens (tertiary/aromatic N) is 4. The number of likely N-dealkylation sites (N-methyl/N-ethyl adjacent to an activating group) is 1. The summed E-state index contributed by atoms with van der Waals surface area (Å²) in [4.78, 5) is 29.4. The molecule has 0 fully saturated rings. The average Bonchev–Trinajstić information content (AvgIpc) is 3.28. The van der Waals surface area contributed by atoms with Gasteiger partial charge in [-0.15, -0.1) is 0 Å². The van der Waals surface area contributed by atoms with Gasteiger partial charge < -0.3 is 39.0 Å². The summed E-state index contributed by atoms with van der Waals surface area (Å²) in [6.45, 7) is 4.03. The molecule has 1 aromatic rings. The highest BCUT2D eigenvalue weighted by Gasteiger charge is 2.25. The number of allylic oxidation sites excluding steroid dienone is 1. The molecule has 0 spiro atoms. The lowest BCUT2D eigenvalue weighted by Crippen LogP contribution is -2.33. The molecule has 1 unspecified atom stereocenters. The molecule has 2 N–H and O–H groups in total. The van der Waals surface area contributed by atoms with Crippen molar-refractivity contribution in [1.29, 1.82) is 0 Å². The molecule has 196 valence electrons. The number of hydrogen-bond donors (Lipinski definition) is 2. The Morgan fingerprint density at radius 3 is 2.92 bits per heavy atom. The van der Waals surface area contributed by atoms with Crippen molar-refractivity contribution < 1.29 is 23.7 Å². The number of anilines is 1. The standard InChI is InChI=1S/C25H36N6O5/c1-30-7-4-8-31(2)22(32)16-36-21-13-19(5-6-20(21)35-12-11-34-10-9-33-3)29-25-23-18(15-30)14-26-24(23)27-17-28-25/h5-6,14,17,19H,4,7-13,15-16H2,1-3H3,(H2,26,27,28,29). The van der Waals surface area contributed by atoms with Crippen molar-refractivity contribution in [2.75, 3.05) is 72.6 Å². The first-order valence-electron chi connectivity index (χ1n) is 12.3. The number of methoxy groups -OCH3 is 1. The Morgan fingerprint density at radius 1 is 1.19 bits per heavy atom. The van der Waals surface area contributed by atoms with E-state index < -0.39 is 0 Å². The van der Waals surface area contributed by atoms with Gasteiger partial charge in [-0.3, -0.25) is 9.79 Å². The predicted molar refractivity (Wildman–Crippen MR) is 137 cm³/mol. The van der Waals surface area contributed by atoms with E-state index in [0.29, 0.717) is 56.7 Å². The first kappa shape index (κ1) is 25.9. The van der Waals surface area contributed by atoms with Crippen molar-refractivity contribution in [2.45, 2.75) is 25.4 Å². The maximum absolute atomic E-state index is 12.7. The Hall–Kier alpha value is -3.15. The molecule has 11 heteroatoms. The lowest BCUT2D eigenvalue weighted by Gasteiger charge is -2.24. The van der Waals surface area contributed by atoms with Gasteiger partial charge in [0.05, 0.1) is 37.8 Å². The zero-order chi connectivity index (χ0) is 25.3. The maximum Gasteiger partial charge on any atom is 0.260 e. The highest BCUT2D eigenvalue weighted by atomic mass is 16.5. The first-order chi connectivity index (χ1) is 17.5. The molecule has 36 heavy (non-hydrogen) atoms. The number of fused-ring (bicyclic) bond motifs is 2. The number of amides is 1. The Kier molecular flexibility index (Phi) is 9.15. The fraction of sp³-hybridized carbons (Fsp3) is 0.560. The van der Waals surface area contributed by atoms with Crippen LogP contribution in [-0.4, -0.2) is 106 Å². The molecule has 11 nitrogen and oxygen atoms in total. The molecule has 0 saturated heterocycles. The van der Waals surface area contributed by atoms with E-state index in [1.54, 1.807) is 18.3 Å². The molecule has 2 aliphatic heterocycles. The van der Waals surface area contributed by atoms with Gasteiger partial charge in [-0.2, -0.15) is 0 Å². The van der Waals surface area contributed by atoms with Crippen LogP contribution >= 0.6 is 0 Å². The van der Waals surface area contributed by atoms with Gasteiger partial charge in [-0.05, 0) is 31.7 Å². The molecule has 4 rings (SSSR count). The maximum atomic E-state index is 12.7. The van der Waals surface area contributed by atoms with Gasteiger partial charge in [-0.1, -0.05) is 6.08 Å². The Bertz CT molecular complexity index is 1030. The number of amidine groups is 1. The van der Waals surface area contributed by atoms with Crippen molar-refractivity contribution in [1.82, 2.24) is 14.8 Å². The lowest BCUT2D eigenvalue weighted by molar-refractivity contribution is -0.133. The van der Waals surface area contributed by atoms with Crippen LogP contribution in [0.1, 0.15) is 24.0 Å². The van der Waals surface area contributed by atoms with Crippen molar-refractivity contribution in [3.05, 3.63) is 41.0 Å². The van der Waals surface area contributed by atoms with Crippen molar-refractivity contribution in [2.24, 2.45) is 9.98 Å². The number of aliphatic imine (C=N–C) groups is 2. The second-order valence-electron chi connectivity index (χ2n) is 8.99. The average molecular weight is 501 g/mol. The van der Waals surface area contributed by atoms with Gasteiger partial charge in [0.2, 0.25) is 0 Å². The Labute approximate surface area is 211 Å². The van der Waals surface area contributed by atoms with Gasteiger partial charge >= 0.3 is 0 Å². The number of aromatic amines is 1. The number of H-pyrrole nitrogens is 1. The monoisotopic (exact) mass is 500 g/mol. The van der Waals surface area contributed by atoms with Crippen LogP contribution in [0.15, 0.2) is 39.9 Å². The summed E-state index contributed by atoms with van der Waals surface area (Å²) < 4.78 is 22.4. The van der Waals surface area contributed by atoms with E-state index in [0.717, 1.165) is 36.5 Å². The molecule has 1 amide bonds. The molecule has 1 aromatic heterocycles. The lowest BCUT2D eigenvalue weighted by atomic mass is 10.1. The predicted octanol–water partition coefficient (Wildman–Crippen LogP) is 1.75. The van der Waals surface area contributed by atoms with E-state index in [-0.39, 0.29) is 18.6 Å². The van der Waals surface area contributed by atoms with Gasteiger partial charge in [0.25, 0.3) is 5.91 Å². The largest absolute Gasteiger partial charge is 0.488 e. The van der Waals surface area contributed by atoms with Crippen LogP contribution in [0.5, 0.6) is 0 Å². The molecule has 1 atom stereocenters. The van der Waals surface area contributed by atoms with Crippen LogP contribution in [-0.2, 0) is 30.3 Å². The zero-order valence-electron chi connectivity index (χ0n) is 21.3. The van der Waals surface area contributed by atoms with Crippen LogP contribution in [0.2, 0.25) is 0 Å². The van der Waals surface area contributed by atoms with Crippen molar-refractivity contribution >= 4 is 23.9 Å². The topological polar surface area (TPSA) is 113 Å². The summed E-state index contributed by atoms with van der Waals surface area (Å²) in [6.07, 6.45) is 8.81. The van der Waals surface area contributed by atoms with Crippen LogP contribution in [0, 0.1) is 0 Å². The third kappa shape index (κ3) is 6.74. The highest BCUT2D eigenvalue weighted by Crippen LogP contribution is 2.28. The first-order valence-corrected chi connectivity index (χ1v) is 12.3. The smallest absolute Gasteiger partial charge is 0.260 e. The van der Waals surface area contributed by atoms with Gasteiger partial charge in [0, 0.05) is 39.9 Å². The second-order valence-corrected chi connectivity index (χ2v) is 8.99. The minimum Gasteiger partial charge on any atom is -0.488 e. The van der Waals surface area contributed by atoms with E-state index in [9.17, 15) is 4.79 Å². The minimum atomic E-state index is -0.204. The molecule has 0 aromatic carbocycles. The minimum absolute atomic E-state index is 0.0514. The summed E-state index contributed by atoms with van der Waals surface area (Å²) >= 11 is 0. The molecule has 0 saturated carbocycles. The summed E-state index contributed by atoms with van der Waals surface area (Å²) in [6, 6.07) is -0.204. The fourth-order valence-corrected chi connectivity index (χ4v) is 4.22. The van der Waals surface area contributed by atoms with E-state index in [1.165, 1.54) is 0 Å². The third-order valence-electron chi connectivity index (χ3n) is 6.19. The van der Waals surface area contributed by atoms with E-state index >= 15 is 0 Å². The number of hydrogen-bond acceptors (Lipinski definition) is 9. The van der Waals surface area contributed by atoms with Gasteiger partial charge in [-0.25, -0.2) is 4.99 Å². The quantitative estimate of drug-likeness (QED) is 0.549. The molecule has 1 aliphatic carbocycles. The number of carbonyl (C=O) groups is 1. The normalized spacial score (nSPS) is 22.5. The SMILES string of the molecule is COCCOCCOC1=C2CC(C=C1)/N=C1\N=CNc3[nH]cc(c31)CN(C)CCCN(C)C(=O)CO2. The van der Waals surface area contributed by atoms with Gasteiger partial charge in [0.1, 0.15) is 18.2 Å². The third-order valence-corrected chi connectivity index (χ3v) is 6.19. The second kappa shape index (κ2) is 12.7. The van der Waals surface area contributed by atoms with Crippen molar-refractivity contribution in [3.63, 3.8) is 0 Å². The summed E-state index contributed by atoms with van der Waals surface area (Å²) in [5, 5.41) is 3.18. The highest BCUT2D eigenvalue weighted by molar-refractivity contribution is 6.12. The van der Waals surface area contributed by atoms with Crippen LogP contribution < -0.4 is 5.32 Å². The van der Waals surface area contributed by atoms with E-state index in [2.05, 4.69) is 27.2 Å². The summed E-state index contributed by atoms with van der Waals surface area (Å²) in [5.41, 5.74) is 2.11. The zero-order valence-corrected chi connectivity index (χ0v) is 21.3. The molecular weight excluding hydrogens is 464 g/mol. The molecule has 2 bridgehead atoms. The number of rotatable bonds is 7. The Morgan fingerprint density at radius 2 is 2.06 bits per heavy atom. The molecule has 3 heterocycles. The van der Waals surface area contributed by atoms with Crippen molar-refractivity contribution in [3.8, 4) is 0 Å². The Balaban J connectivity index is 1.55.